The maximum Gasteiger partial charge on any atom is 0.319 e. The van der Waals surface area contributed by atoms with Gasteiger partial charge in [0.25, 0.3) is 5.91 Å². The minimum absolute atomic E-state index is 0.00208. The third-order valence-electron chi connectivity index (χ3n) is 5.46. The van der Waals surface area contributed by atoms with Crippen LogP contribution in [-0.4, -0.2) is 52.9 Å². The van der Waals surface area contributed by atoms with Crippen molar-refractivity contribution >= 4 is 27.9 Å². The van der Waals surface area contributed by atoms with E-state index in [0.717, 1.165) is 11.0 Å². The van der Waals surface area contributed by atoms with E-state index < -0.39 is 5.72 Å². The molecule has 0 spiro atoms. The number of ether oxygens (including phenoxy) is 1. The van der Waals surface area contributed by atoms with Gasteiger partial charge in [-0.1, -0.05) is 0 Å². The molecule has 4 atom stereocenters. The molecule has 3 amide bonds. The largest absolute Gasteiger partial charge is 0.353 e. The third kappa shape index (κ3) is 2.22. The van der Waals surface area contributed by atoms with Gasteiger partial charge < -0.3 is 19.9 Å². The van der Waals surface area contributed by atoms with Crippen molar-refractivity contribution < 1.29 is 14.3 Å². The van der Waals surface area contributed by atoms with Gasteiger partial charge >= 0.3 is 6.03 Å². The number of urea groups is 1. The average molecular weight is 407 g/mol. The molecule has 0 unspecified atom stereocenters. The Kier molecular flexibility index (Phi) is 3.81. The summed E-state index contributed by atoms with van der Waals surface area (Å²) in [5.41, 5.74) is -0.177. The third-order valence-corrected chi connectivity index (χ3v) is 6.11. The lowest BCUT2D eigenvalue weighted by molar-refractivity contribution is -0.118. The van der Waals surface area contributed by atoms with Crippen molar-refractivity contribution in [1.82, 2.24) is 20.1 Å². The van der Waals surface area contributed by atoms with Crippen LogP contribution in [0.2, 0.25) is 0 Å². The van der Waals surface area contributed by atoms with E-state index in [1.807, 2.05) is 10.6 Å². The molecule has 2 N–H and O–H groups in total. The van der Waals surface area contributed by atoms with E-state index in [0.29, 0.717) is 25.1 Å². The van der Waals surface area contributed by atoms with Crippen molar-refractivity contribution in [2.45, 2.75) is 43.1 Å². The standard InChI is InChI=1S/C17H19BrN4O3/c1-3-4-5-8-25-17-9-11-13(14(17)20-16(24)21(17)2)19-15(23)10-6-7-12(18)22(10)11/h1,6-7,11,13-14H,4-5,8-9H2,2H3,(H,19,23)(H,20,24)/t11-,13-,14+,17+/m1/s1. The highest BCUT2D eigenvalue weighted by Gasteiger charge is 2.65. The Bertz CT molecular complexity index is 785. The fourth-order valence-electron chi connectivity index (χ4n) is 4.28. The Morgan fingerprint density at radius 3 is 3.00 bits per heavy atom. The first-order chi connectivity index (χ1) is 12.0. The maximum absolute atomic E-state index is 12.5. The van der Waals surface area contributed by atoms with Crippen LogP contribution in [0.25, 0.3) is 0 Å². The van der Waals surface area contributed by atoms with Gasteiger partial charge in [-0.2, -0.15) is 0 Å². The zero-order valence-electron chi connectivity index (χ0n) is 13.8. The van der Waals surface area contributed by atoms with Gasteiger partial charge in [-0.3, -0.25) is 9.69 Å². The topological polar surface area (TPSA) is 75.6 Å². The Morgan fingerprint density at radius 2 is 2.24 bits per heavy atom. The van der Waals surface area contributed by atoms with Gasteiger partial charge in [0, 0.05) is 19.9 Å². The normalized spacial score (nSPS) is 32.5. The van der Waals surface area contributed by atoms with Crippen LogP contribution in [0.4, 0.5) is 4.79 Å². The fraction of sp³-hybridized carbons (Fsp3) is 0.529. The minimum atomic E-state index is -0.792. The molecule has 2 fully saturated rings. The van der Waals surface area contributed by atoms with Crippen LogP contribution in [0, 0.1) is 12.3 Å². The van der Waals surface area contributed by atoms with Crippen molar-refractivity contribution in [3.63, 3.8) is 0 Å². The number of nitrogens with one attached hydrogen (secondary N) is 2. The lowest BCUT2D eigenvalue weighted by atomic mass is 10.0. The van der Waals surface area contributed by atoms with Crippen LogP contribution in [0.5, 0.6) is 0 Å². The number of hydrogen-bond acceptors (Lipinski definition) is 3. The van der Waals surface area contributed by atoms with E-state index in [2.05, 4.69) is 32.5 Å². The number of unbranched alkanes of at least 4 members (excludes halogenated alkanes) is 1. The number of carbonyl (C=O) groups is 2. The first kappa shape index (κ1) is 16.5. The number of amides is 3. The second kappa shape index (κ2) is 5.78. The Balaban J connectivity index is 1.69. The summed E-state index contributed by atoms with van der Waals surface area (Å²) in [5.74, 6) is 2.46. The molecule has 0 radical (unpaired) electrons. The highest BCUT2D eigenvalue weighted by atomic mass is 79.9. The van der Waals surface area contributed by atoms with Gasteiger partial charge in [0.15, 0.2) is 5.72 Å². The van der Waals surface area contributed by atoms with E-state index in [1.54, 1.807) is 18.0 Å². The first-order valence-corrected chi connectivity index (χ1v) is 9.08. The van der Waals surface area contributed by atoms with E-state index in [1.165, 1.54) is 0 Å². The smallest absolute Gasteiger partial charge is 0.319 e. The number of carbonyl (C=O) groups excluding carboxylic acids is 2. The van der Waals surface area contributed by atoms with Crippen LogP contribution < -0.4 is 10.6 Å². The zero-order valence-corrected chi connectivity index (χ0v) is 15.4. The maximum atomic E-state index is 12.5. The monoisotopic (exact) mass is 406 g/mol. The lowest BCUT2D eigenvalue weighted by Gasteiger charge is -2.34. The predicted octanol–water partition coefficient (Wildman–Crippen LogP) is 1.46. The molecule has 3 aliphatic rings. The van der Waals surface area contributed by atoms with Gasteiger partial charge in [0.1, 0.15) is 11.7 Å². The van der Waals surface area contributed by atoms with Gasteiger partial charge in [-0.25, -0.2) is 4.79 Å². The van der Waals surface area contributed by atoms with Crippen molar-refractivity contribution in [2.24, 2.45) is 0 Å². The number of nitrogens with zero attached hydrogens (tertiary/aromatic N) is 2. The van der Waals surface area contributed by atoms with Crippen molar-refractivity contribution in [1.29, 1.82) is 0 Å². The number of hydrogen-bond donors (Lipinski definition) is 2. The van der Waals surface area contributed by atoms with Crippen LogP contribution in [0.15, 0.2) is 16.7 Å². The Hall–Kier alpha value is -1.98. The Labute approximate surface area is 154 Å². The first-order valence-electron chi connectivity index (χ1n) is 8.29. The molecule has 1 aromatic rings. The van der Waals surface area contributed by atoms with Crippen LogP contribution in [0.1, 0.15) is 35.8 Å². The molecule has 1 aliphatic carbocycles. The highest BCUT2D eigenvalue weighted by Crippen LogP contribution is 2.48. The summed E-state index contributed by atoms with van der Waals surface area (Å²) in [4.78, 5) is 26.3. The Morgan fingerprint density at radius 1 is 1.44 bits per heavy atom. The summed E-state index contributed by atoms with van der Waals surface area (Å²) < 4.78 is 9.07. The average Bonchev–Trinajstić information content (AvgIpc) is 3.18. The van der Waals surface area contributed by atoms with Crippen LogP contribution >= 0.6 is 15.9 Å². The quantitative estimate of drug-likeness (QED) is 0.586. The van der Waals surface area contributed by atoms with E-state index >= 15 is 0 Å². The molecular formula is C17H19BrN4O3. The molecule has 4 rings (SSSR count). The summed E-state index contributed by atoms with van der Waals surface area (Å²) >= 11 is 3.53. The van der Waals surface area contributed by atoms with Gasteiger partial charge in [0.05, 0.1) is 23.3 Å². The van der Waals surface area contributed by atoms with E-state index in [-0.39, 0.29) is 30.1 Å². The molecule has 1 aromatic heterocycles. The number of terminal acetylenes is 1. The SMILES string of the molecule is C#CCCCO[C@@]12C[C@@H]3[C@@H](NC(=O)c4ccc(Br)n43)[C@@H]1NC(=O)N2C. The fourth-order valence-corrected chi connectivity index (χ4v) is 4.86. The summed E-state index contributed by atoms with van der Waals surface area (Å²) in [5, 5.41) is 6.04. The molecule has 1 saturated carbocycles. The highest BCUT2D eigenvalue weighted by molar-refractivity contribution is 9.10. The van der Waals surface area contributed by atoms with E-state index in [4.69, 9.17) is 11.2 Å². The summed E-state index contributed by atoms with van der Waals surface area (Å²) in [6.07, 6.45) is 7.26. The van der Waals surface area contributed by atoms with Gasteiger partial charge in [-0.15, -0.1) is 12.3 Å². The summed E-state index contributed by atoms with van der Waals surface area (Å²) in [7, 11) is 1.74. The van der Waals surface area contributed by atoms with Crippen LogP contribution in [-0.2, 0) is 4.74 Å². The number of likely N-dealkylation sites (N-methyl/N-ethyl adjacent to an activating group) is 1. The van der Waals surface area contributed by atoms with E-state index in [9.17, 15) is 9.59 Å². The number of aromatic nitrogens is 1. The number of rotatable bonds is 4. The lowest BCUT2D eigenvalue weighted by Crippen LogP contribution is -2.57. The van der Waals surface area contributed by atoms with Crippen molar-refractivity contribution in [3.8, 4) is 12.3 Å². The molecule has 0 aromatic carbocycles. The second-order valence-electron chi connectivity index (χ2n) is 6.67. The summed E-state index contributed by atoms with van der Waals surface area (Å²) in [6, 6.07) is 2.93. The predicted molar refractivity (Wildman–Crippen MR) is 93.9 cm³/mol. The molecule has 3 heterocycles. The second-order valence-corrected chi connectivity index (χ2v) is 7.48. The molecule has 7 nitrogen and oxygen atoms in total. The number of fused-ring (bicyclic) bond motifs is 5. The molecule has 132 valence electrons. The molecule has 8 heteroatoms. The van der Waals surface area contributed by atoms with Crippen molar-refractivity contribution in [3.05, 3.63) is 22.4 Å². The zero-order chi connectivity index (χ0) is 17.8. The molecule has 2 aliphatic heterocycles. The molecule has 25 heavy (non-hydrogen) atoms. The minimum Gasteiger partial charge on any atom is -0.353 e. The van der Waals surface area contributed by atoms with Crippen LogP contribution in [0.3, 0.4) is 0 Å². The van der Waals surface area contributed by atoms with Gasteiger partial charge in [-0.05, 0) is 34.5 Å². The molecule has 0 bridgehead atoms. The number of halogens is 1. The molecular weight excluding hydrogens is 388 g/mol. The summed E-state index contributed by atoms with van der Waals surface area (Å²) in [6.45, 7) is 0.465. The molecule has 1 saturated heterocycles. The van der Waals surface area contributed by atoms with Crippen molar-refractivity contribution in [2.75, 3.05) is 13.7 Å². The van der Waals surface area contributed by atoms with Gasteiger partial charge in [0.2, 0.25) is 0 Å².